The number of carboxylic acid groups (broad SMARTS) is 2. The number of nitrogens with zero attached hydrogens (tertiary/aromatic N) is 4. The number of hydrogen-bond acceptors (Lipinski definition) is 2. The summed E-state index contributed by atoms with van der Waals surface area (Å²) >= 11 is 0. The van der Waals surface area contributed by atoms with Gasteiger partial charge in [0.2, 0.25) is 0 Å². The average molecular weight is 621 g/mol. The molecule has 8 bridgehead atoms. The van der Waals surface area contributed by atoms with Crippen LogP contribution in [0.1, 0.15) is 78.1 Å². The Labute approximate surface area is 263 Å². The van der Waals surface area contributed by atoms with Gasteiger partial charge in [-0.1, -0.05) is 84.2 Å². The molecule has 0 radical (unpaired) electrons. The molecule has 3 aliphatic heterocycles. The molecule has 3 aliphatic rings. The molecule has 0 aromatic carbocycles. The van der Waals surface area contributed by atoms with E-state index in [9.17, 15) is 19.8 Å². The van der Waals surface area contributed by atoms with Crippen molar-refractivity contribution in [1.29, 1.82) is 0 Å². The Morgan fingerprint density at radius 2 is 1.58 bits per heavy atom. The number of hydrogen-bond donors (Lipinski definition) is 2. The van der Waals surface area contributed by atoms with E-state index >= 15 is 0 Å². The van der Waals surface area contributed by atoms with E-state index in [1.54, 1.807) is 6.08 Å². The number of aromatic nitrogens is 2. The Bertz CT molecular complexity index is 1620. The standard InChI is InChI=1S/C34H36N4O4.Fe/c1-7-21-17(3)25-13-26-19(5)23(9-11-33(39)40)31(37-26)16-32-24(10-12-34(41)42)20(6)28(38-32)15-30-22(8-2)18(4)27(36-30)14-29(21)35-25;/h7-8,13-15,17,21,32H,1-2,9-12,16H2,3-6H3,(H,39,40)(H,41,42);/q-4;+4/b25-13-,28-15-,29-14-;. The molecule has 0 spiro atoms. The van der Waals surface area contributed by atoms with Crippen molar-refractivity contribution in [1.82, 2.24) is 9.97 Å². The maximum Gasteiger partial charge on any atom is 4.00 e. The first-order valence-corrected chi connectivity index (χ1v) is 14.3. The number of aliphatic carboxylic acids is 2. The third-order valence-corrected chi connectivity index (χ3v) is 8.80. The van der Waals surface area contributed by atoms with Gasteiger partial charge in [-0.05, 0) is 51.0 Å². The minimum Gasteiger partial charge on any atom is -0.678 e. The summed E-state index contributed by atoms with van der Waals surface area (Å²) in [7, 11) is 0. The van der Waals surface area contributed by atoms with Crippen molar-refractivity contribution in [2.45, 2.75) is 65.8 Å². The summed E-state index contributed by atoms with van der Waals surface area (Å²) in [6, 6.07) is -0.309. The normalized spacial score (nSPS) is 24.4. The van der Waals surface area contributed by atoms with Gasteiger partial charge in [-0.15, -0.1) is 29.4 Å². The first-order valence-electron chi connectivity index (χ1n) is 14.3. The van der Waals surface area contributed by atoms with E-state index in [-0.39, 0.29) is 47.8 Å². The molecular formula is C34H36FeN4O4. The van der Waals surface area contributed by atoms with Crippen LogP contribution in [0.5, 0.6) is 0 Å². The summed E-state index contributed by atoms with van der Waals surface area (Å²) in [6.07, 6.45) is 10.9. The predicted molar refractivity (Wildman–Crippen MR) is 166 cm³/mol. The van der Waals surface area contributed by atoms with Crippen LogP contribution in [0, 0.1) is 25.7 Å². The average Bonchev–Trinajstić information content (AvgIpc) is 3.59. The number of carboxylic acids is 2. The van der Waals surface area contributed by atoms with E-state index in [0.29, 0.717) is 19.3 Å². The maximum absolute atomic E-state index is 11.5. The fourth-order valence-electron chi connectivity index (χ4n) is 6.30. The summed E-state index contributed by atoms with van der Waals surface area (Å²) in [6.45, 7) is 16.2. The molecule has 5 rings (SSSR count). The first kappa shape index (κ1) is 32.0. The quantitative estimate of drug-likeness (QED) is 0.243. The summed E-state index contributed by atoms with van der Waals surface area (Å²) in [5, 5.41) is 29.0. The van der Waals surface area contributed by atoms with Gasteiger partial charge < -0.3 is 30.8 Å². The second kappa shape index (κ2) is 12.7. The predicted octanol–water partition coefficient (Wildman–Crippen LogP) is 6.92. The molecule has 1 saturated heterocycles. The first-order chi connectivity index (χ1) is 20.0. The van der Waals surface area contributed by atoms with Crippen molar-refractivity contribution in [2.24, 2.45) is 11.8 Å². The summed E-state index contributed by atoms with van der Waals surface area (Å²) in [5.41, 5.74) is 11.3. The maximum atomic E-state index is 11.5. The summed E-state index contributed by atoms with van der Waals surface area (Å²) < 4.78 is 0. The van der Waals surface area contributed by atoms with E-state index in [1.807, 2.05) is 45.1 Å². The molecule has 0 saturated carbocycles. The van der Waals surface area contributed by atoms with Crippen LogP contribution in [0.25, 0.3) is 34.9 Å². The molecule has 0 amide bonds. The molecule has 43 heavy (non-hydrogen) atoms. The Morgan fingerprint density at radius 3 is 2.23 bits per heavy atom. The Hall–Kier alpha value is -3.94. The largest absolute Gasteiger partial charge is 4.00 e. The van der Waals surface area contributed by atoms with E-state index < -0.39 is 11.9 Å². The zero-order chi connectivity index (χ0) is 30.3. The van der Waals surface area contributed by atoms with Crippen molar-refractivity contribution in [3.8, 4) is 0 Å². The molecule has 224 valence electrons. The van der Waals surface area contributed by atoms with Crippen molar-refractivity contribution >= 4 is 36.2 Å². The monoisotopic (exact) mass is 620 g/mol. The van der Waals surface area contributed by atoms with Crippen LogP contribution in [0.2, 0.25) is 0 Å². The minimum absolute atomic E-state index is 0. The Balaban J connectivity index is 0.00000423. The van der Waals surface area contributed by atoms with Gasteiger partial charge in [-0.25, -0.2) is 0 Å². The number of rotatable bonds is 8. The minimum atomic E-state index is -0.869. The van der Waals surface area contributed by atoms with Crippen LogP contribution in [-0.4, -0.2) is 28.2 Å². The van der Waals surface area contributed by atoms with E-state index in [0.717, 1.165) is 73.3 Å². The summed E-state index contributed by atoms with van der Waals surface area (Å²) in [5.74, 6) is -1.66. The van der Waals surface area contributed by atoms with Gasteiger partial charge in [0, 0.05) is 12.8 Å². The van der Waals surface area contributed by atoms with Crippen LogP contribution in [0.15, 0.2) is 47.5 Å². The van der Waals surface area contributed by atoms with Gasteiger partial charge in [0.25, 0.3) is 0 Å². The molecule has 1 fully saturated rings. The molecule has 2 aromatic rings. The second-order valence-corrected chi connectivity index (χ2v) is 11.3. The van der Waals surface area contributed by atoms with E-state index in [1.165, 1.54) is 0 Å². The van der Waals surface area contributed by atoms with E-state index in [2.05, 4.69) is 20.1 Å². The zero-order valence-electron chi connectivity index (χ0n) is 24.9. The van der Waals surface area contributed by atoms with Crippen LogP contribution >= 0.6 is 0 Å². The molecule has 2 aromatic heterocycles. The van der Waals surface area contributed by atoms with Gasteiger partial charge in [-0.2, -0.15) is 17.1 Å². The van der Waals surface area contributed by atoms with E-state index in [4.69, 9.17) is 20.6 Å². The third-order valence-electron chi connectivity index (χ3n) is 8.80. The van der Waals surface area contributed by atoms with Crippen LogP contribution in [0.4, 0.5) is 0 Å². The van der Waals surface area contributed by atoms with Crippen molar-refractivity contribution in [3.63, 3.8) is 0 Å². The van der Waals surface area contributed by atoms with Gasteiger partial charge in [0.15, 0.2) is 0 Å². The Morgan fingerprint density at radius 1 is 0.930 bits per heavy atom. The molecule has 3 atom stereocenters. The smallest absolute Gasteiger partial charge is 0.678 e. The van der Waals surface area contributed by atoms with Crippen LogP contribution < -0.4 is 9.97 Å². The second-order valence-electron chi connectivity index (χ2n) is 11.3. The number of fused-ring (bicyclic) bond motifs is 8. The van der Waals surface area contributed by atoms with Gasteiger partial charge in [0.1, 0.15) is 0 Å². The molecule has 5 heterocycles. The topological polar surface area (TPSA) is 131 Å². The molecular weight excluding hydrogens is 584 g/mol. The van der Waals surface area contributed by atoms with Crippen molar-refractivity contribution in [2.75, 3.05) is 0 Å². The number of carbonyl (C=O) groups is 2. The zero-order valence-corrected chi connectivity index (χ0v) is 26.0. The summed E-state index contributed by atoms with van der Waals surface area (Å²) in [4.78, 5) is 33.1. The fraction of sp³-hybridized carbons (Fsp3) is 0.353. The van der Waals surface area contributed by atoms with Crippen molar-refractivity contribution in [3.05, 3.63) is 103 Å². The third kappa shape index (κ3) is 6.10. The fourth-order valence-corrected chi connectivity index (χ4v) is 6.30. The molecule has 8 nitrogen and oxygen atoms in total. The van der Waals surface area contributed by atoms with Crippen molar-refractivity contribution < 1.29 is 36.9 Å². The van der Waals surface area contributed by atoms with Crippen LogP contribution in [0.3, 0.4) is 0 Å². The molecule has 2 N–H and O–H groups in total. The van der Waals surface area contributed by atoms with Gasteiger partial charge in [0.05, 0.1) is 0 Å². The van der Waals surface area contributed by atoms with Gasteiger partial charge >= 0.3 is 29.0 Å². The molecule has 9 heteroatoms. The SMILES string of the molecule is C=Cc1c2[n-]c(c1C)/C=C1\[N-]/C(=C\c3[n-]c(c(CCC(=O)O)c3C)CC3[N-]/C(=C\2)C(C)=C3CCC(=O)O)C(C)C1C=C.[Fe+4]. The Kier molecular flexibility index (Phi) is 9.47. The van der Waals surface area contributed by atoms with Crippen LogP contribution in [-0.2, 0) is 39.5 Å². The number of allylic oxidation sites excluding steroid dienone is 3. The van der Waals surface area contributed by atoms with Gasteiger partial charge in [-0.3, -0.25) is 9.59 Å². The molecule has 0 aliphatic carbocycles. The molecule has 3 unspecified atom stereocenters.